The largest absolute Gasteiger partial charge is 0.313 e. The lowest BCUT2D eigenvalue weighted by Gasteiger charge is -2.37. The van der Waals surface area contributed by atoms with Crippen molar-refractivity contribution in [3.63, 3.8) is 0 Å². The molecule has 0 bridgehead atoms. The average molecular weight is 339 g/mol. The van der Waals surface area contributed by atoms with Crippen LogP contribution in [0.4, 0.5) is 5.69 Å². The van der Waals surface area contributed by atoms with Gasteiger partial charge in [0.25, 0.3) is 0 Å². The van der Waals surface area contributed by atoms with E-state index >= 15 is 0 Å². The van der Waals surface area contributed by atoms with Crippen LogP contribution < -0.4 is 4.90 Å². The van der Waals surface area contributed by atoms with Crippen LogP contribution in [0.1, 0.15) is 37.5 Å². The molecule has 0 spiro atoms. The van der Waals surface area contributed by atoms with E-state index in [1.165, 1.54) is 5.56 Å². The van der Waals surface area contributed by atoms with Gasteiger partial charge < -0.3 is 9.47 Å². The highest BCUT2D eigenvalue weighted by molar-refractivity contribution is 5.96. The lowest BCUT2D eigenvalue weighted by atomic mass is 9.96. The Bertz CT molecular complexity index is 784. The minimum Gasteiger partial charge on any atom is -0.313 e. The van der Waals surface area contributed by atoms with Gasteiger partial charge in [0, 0.05) is 31.2 Å². The summed E-state index contributed by atoms with van der Waals surface area (Å²) in [6.07, 6.45) is 2.97. The van der Waals surface area contributed by atoms with Crippen LogP contribution in [0.25, 0.3) is 0 Å². The van der Waals surface area contributed by atoms with Gasteiger partial charge in [-0.25, -0.2) is 0 Å². The highest BCUT2D eigenvalue weighted by atomic mass is 16.2. The molecule has 1 atom stereocenters. The maximum absolute atomic E-state index is 13.1. The van der Waals surface area contributed by atoms with Crippen LogP contribution in [-0.2, 0) is 30.7 Å². The standard InChI is InChI=1S/C19H25N5O/c1-3-17-20-21-18-12-22(10-11-23(17)18)13-19(25)24-14(2)8-9-15-6-4-5-7-16(15)24/h4-7,14H,3,8-13H2,1-2H3/t14-/m0/s1. The molecule has 4 rings (SSSR count). The second-order valence-electron chi connectivity index (χ2n) is 7.03. The summed E-state index contributed by atoms with van der Waals surface area (Å²) in [6, 6.07) is 8.54. The molecule has 1 amide bonds. The predicted molar refractivity (Wildman–Crippen MR) is 96.4 cm³/mol. The summed E-state index contributed by atoms with van der Waals surface area (Å²) < 4.78 is 2.19. The number of carbonyl (C=O) groups is 1. The summed E-state index contributed by atoms with van der Waals surface area (Å²) >= 11 is 0. The van der Waals surface area contributed by atoms with Crippen molar-refractivity contribution in [1.29, 1.82) is 0 Å². The molecule has 2 aromatic rings. The van der Waals surface area contributed by atoms with Crippen LogP contribution in [0.2, 0.25) is 0 Å². The minimum atomic E-state index is 0.184. The first-order valence-electron chi connectivity index (χ1n) is 9.20. The number of anilines is 1. The van der Waals surface area contributed by atoms with Crippen molar-refractivity contribution in [2.75, 3.05) is 18.0 Å². The molecule has 0 unspecified atom stereocenters. The number of fused-ring (bicyclic) bond motifs is 2. The van der Waals surface area contributed by atoms with Crippen LogP contribution in [0, 0.1) is 0 Å². The molecule has 1 aromatic carbocycles. The number of rotatable bonds is 3. The first-order valence-corrected chi connectivity index (χ1v) is 9.20. The molecule has 3 heterocycles. The number of hydrogen-bond acceptors (Lipinski definition) is 4. The SMILES string of the molecule is CCc1nnc2n1CCN(CC(=O)N1c3ccccc3CC[C@@H]1C)C2. The topological polar surface area (TPSA) is 54.3 Å². The Balaban J connectivity index is 1.49. The fraction of sp³-hybridized carbons (Fsp3) is 0.526. The Hall–Kier alpha value is -2.21. The minimum absolute atomic E-state index is 0.184. The zero-order valence-electron chi connectivity index (χ0n) is 15.0. The van der Waals surface area contributed by atoms with Gasteiger partial charge in [-0.15, -0.1) is 10.2 Å². The first-order chi connectivity index (χ1) is 12.2. The number of aryl methyl sites for hydroxylation is 2. The fourth-order valence-electron chi connectivity index (χ4n) is 4.00. The maximum Gasteiger partial charge on any atom is 0.241 e. The van der Waals surface area contributed by atoms with Crippen molar-refractivity contribution in [2.45, 2.75) is 52.2 Å². The van der Waals surface area contributed by atoms with Crippen molar-refractivity contribution in [3.8, 4) is 0 Å². The molecule has 0 N–H and O–H groups in total. The first kappa shape index (κ1) is 16.3. The summed E-state index contributed by atoms with van der Waals surface area (Å²) in [5, 5.41) is 8.55. The van der Waals surface area contributed by atoms with Gasteiger partial charge in [-0.05, 0) is 31.4 Å². The summed E-state index contributed by atoms with van der Waals surface area (Å²) in [4.78, 5) is 17.2. The Morgan fingerprint density at radius 3 is 2.92 bits per heavy atom. The summed E-state index contributed by atoms with van der Waals surface area (Å²) in [5.41, 5.74) is 2.36. The van der Waals surface area contributed by atoms with Crippen molar-refractivity contribution in [3.05, 3.63) is 41.5 Å². The smallest absolute Gasteiger partial charge is 0.241 e. The maximum atomic E-state index is 13.1. The Labute approximate surface area is 148 Å². The summed E-state index contributed by atoms with van der Waals surface area (Å²) in [5.74, 6) is 2.20. The lowest BCUT2D eigenvalue weighted by molar-refractivity contribution is -0.120. The number of amides is 1. The molecular formula is C19H25N5O. The van der Waals surface area contributed by atoms with E-state index in [4.69, 9.17) is 0 Å². The Morgan fingerprint density at radius 2 is 2.08 bits per heavy atom. The van der Waals surface area contributed by atoms with Crippen LogP contribution in [0.5, 0.6) is 0 Å². The van der Waals surface area contributed by atoms with Crippen LogP contribution in [0.3, 0.4) is 0 Å². The fourth-order valence-corrected chi connectivity index (χ4v) is 4.00. The Kier molecular flexibility index (Phi) is 4.29. The van der Waals surface area contributed by atoms with E-state index in [0.29, 0.717) is 13.1 Å². The van der Waals surface area contributed by atoms with Gasteiger partial charge in [-0.2, -0.15) is 0 Å². The van der Waals surface area contributed by atoms with E-state index in [0.717, 1.165) is 49.7 Å². The van der Waals surface area contributed by atoms with Crippen LogP contribution >= 0.6 is 0 Å². The molecule has 25 heavy (non-hydrogen) atoms. The molecule has 2 aliphatic rings. The van der Waals surface area contributed by atoms with Crippen molar-refractivity contribution in [2.24, 2.45) is 0 Å². The third-order valence-electron chi connectivity index (χ3n) is 5.38. The van der Waals surface area contributed by atoms with Gasteiger partial charge in [0.05, 0.1) is 13.1 Å². The van der Waals surface area contributed by atoms with Crippen LogP contribution in [-0.4, -0.2) is 44.7 Å². The van der Waals surface area contributed by atoms with Crippen LogP contribution in [0.15, 0.2) is 24.3 Å². The van der Waals surface area contributed by atoms with Gasteiger partial charge in [-0.1, -0.05) is 25.1 Å². The predicted octanol–water partition coefficient (Wildman–Crippen LogP) is 2.02. The van der Waals surface area contributed by atoms with Crippen molar-refractivity contribution < 1.29 is 4.79 Å². The molecule has 0 saturated carbocycles. The second-order valence-corrected chi connectivity index (χ2v) is 7.03. The van der Waals surface area contributed by atoms with E-state index in [2.05, 4.69) is 51.7 Å². The van der Waals surface area contributed by atoms with Gasteiger partial charge >= 0.3 is 0 Å². The zero-order valence-corrected chi connectivity index (χ0v) is 15.0. The molecule has 132 valence electrons. The van der Waals surface area contributed by atoms with Crippen molar-refractivity contribution in [1.82, 2.24) is 19.7 Å². The number of hydrogen-bond donors (Lipinski definition) is 0. The van der Waals surface area contributed by atoms with Gasteiger partial charge in [0.2, 0.25) is 5.91 Å². The van der Waals surface area contributed by atoms with Gasteiger partial charge in [0.1, 0.15) is 11.6 Å². The van der Waals surface area contributed by atoms with E-state index in [-0.39, 0.29) is 11.9 Å². The molecular weight excluding hydrogens is 314 g/mol. The van der Waals surface area contributed by atoms with E-state index in [1.54, 1.807) is 0 Å². The molecule has 0 aliphatic carbocycles. The number of para-hydroxylation sites is 1. The third kappa shape index (κ3) is 2.95. The summed E-state index contributed by atoms with van der Waals surface area (Å²) in [6.45, 7) is 7.12. The zero-order chi connectivity index (χ0) is 17.4. The molecule has 6 nitrogen and oxygen atoms in total. The van der Waals surface area contributed by atoms with Gasteiger partial charge in [-0.3, -0.25) is 9.69 Å². The molecule has 0 radical (unpaired) electrons. The highest BCUT2D eigenvalue weighted by Gasteiger charge is 2.30. The van der Waals surface area contributed by atoms with E-state index in [1.807, 2.05) is 11.0 Å². The number of benzene rings is 1. The van der Waals surface area contributed by atoms with Gasteiger partial charge in [0.15, 0.2) is 0 Å². The monoisotopic (exact) mass is 339 g/mol. The molecule has 1 aromatic heterocycles. The quantitative estimate of drug-likeness (QED) is 0.858. The third-order valence-corrected chi connectivity index (χ3v) is 5.38. The number of nitrogens with zero attached hydrogens (tertiary/aromatic N) is 5. The van der Waals surface area contributed by atoms with Crippen molar-refractivity contribution >= 4 is 11.6 Å². The number of carbonyl (C=O) groups excluding carboxylic acids is 1. The van der Waals surface area contributed by atoms with E-state index in [9.17, 15) is 4.79 Å². The summed E-state index contributed by atoms with van der Waals surface area (Å²) in [7, 11) is 0. The number of aromatic nitrogens is 3. The highest BCUT2D eigenvalue weighted by Crippen LogP contribution is 2.30. The lowest BCUT2D eigenvalue weighted by Crippen LogP contribution is -2.48. The van der Waals surface area contributed by atoms with E-state index < -0.39 is 0 Å². The molecule has 0 fully saturated rings. The molecule has 0 saturated heterocycles. The second kappa shape index (κ2) is 6.59. The average Bonchev–Trinajstić information content (AvgIpc) is 3.03. The Morgan fingerprint density at radius 1 is 1.24 bits per heavy atom. The normalized spacial score (nSPS) is 20.2. The molecule has 2 aliphatic heterocycles. The molecule has 6 heteroatoms.